The number of aromatic nitrogens is 1. The largest absolute Gasteiger partial charge is 0.488 e. The molecule has 1 unspecified atom stereocenters. The van der Waals surface area contributed by atoms with Crippen molar-refractivity contribution in [3.8, 4) is 16.9 Å². The van der Waals surface area contributed by atoms with Gasteiger partial charge in [0.15, 0.2) is 0 Å². The van der Waals surface area contributed by atoms with E-state index in [1.54, 1.807) is 0 Å². The molecule has 5 nitrogen and oxygen atoms in total. The van der Waals surface area contributed by atoms with Crippen LogP contribution in [0.5, 0.6) is 5.75 Å². The summed E-state index contributed by atoms with van der Waals surface area (Å²) >= 11 is 0. The molecular formula is C26H28N2O3. The van der Waals surface area contributed by atoms with Gasteiger partial charge in [0.05, 0.1) is 13.2 Å². The molecule has 1 saturated heterocycles. The minimum Gasteiger partial charge on any atom is -0.488 e. The Morgan fingerprint density at radius 3 is 2.65 bits per heavy atom. The molecule has 1 N–H and O–H groups in total. The monoisotopic (exact) mass is 416 g/mol. The molecule has 5 heteroatoms. The van der Waals surface area contributed by atoms with Crippen molar-refractivity contribution in [1.29, 1.82) is 0 Å². The molecule has 0 bridgehead atoms. The Hall–Kier alpha value is -3.18. The lowest BCUT2D eigenvalue weighted by molar-refractivity contribution is 0.0953. The van der Waals surface area contributed by atoms with Crippen LogP contribution in [0.3, 0.4) is 0 Å². The molecule has 3 aromatic rings. The first-order valence-corrected chi connectivity index (χ1v) is 10.7. The van der Waals surface area contributed by atoms with Crippen molar-refractivity contribution >= 4 is 5.91 Å². The van der Waals surface area contributed by atoms with Gasteiger partial charge in [0.2, 0.25) is 0 Å². The average molecular weight is 417 g/mol. The third kappa shape index (κ3) is 5.70. The number of carbonyl (C=O) groups is 1. The lowest BCUT2D eigenvalue weighted by Crippen LogP contribution is -2.26. The van der Waals surface area contributed by atoms with Crippen LogP contribution in [-0.2, 0) is 11.2 Å². The second kappa shape index (κ2) is 9.75. The quantitative estimate of drug-likeness (QED) is 0.616. The lowest BCUT2D eigenvalue weighted by atomic mass is 10.0. The van der Waals surface area contributed by atoms with Gasteiger partial charge in [-0.05, 0) is 61.2 Å². The maximum absolute atomic E-state index is 12.9. The Morgan fingerprint density at radius 2 is 1.94 bits per heavy atom. The summed E-state index contributed by atoms with van der Waals surface area (Å²) in [6.07, 6.45) is 3.48. The molecule has 1 fully saturated rings. The van der Waals surface area contributed by atoms with E-state index >= 15 is 0 Å². The molecule has 2 heterocycles. The van der Waals surface area contributed by atoms with Crippen molar-refractivity contribution in [3.63, 3.8) is 0 Å². The van der Waals surface area contributed by atoms with Gasteiger partial charge in [-0.25, -0.2) is 0 Å². The predicted molar refractivity (Wildman–Crippen MR) is 121 cm³/mol. The number of pyridine rings is 1. The van der Waals surface area contributed by atoms with E-state index in [2.05, 4.69) is 41.5 Å². The Morgan fingerprint density at radius 1 is 1.10 bits per heavy atom. The zero-order valence-corrected chi connectivity index (χ0v) is 18.1. The van der Waals surface area contributed by atoms with Crippen LogP contribution >= 0.6 is 0 Å². The van der Waals surface area contributed by atoms with E-state index in [0.717, 1.165) is 35.2 Å². The molecule has 160 valence electrons. The van der Waals surface area contributed by atoms with Crippen LogP contribution in [-0.4, -0.2) is 36.8 Å². The molecular weight excluding hydrogens is 388 g/mol. The van der Waals surface area contributed by atoms with E-state index in [9.17, 15) is 4.79 Å². The highest BCUT2D eigenvalue weighted by Gasteiger charge is 2.19. The second-order valence-electron chi connectivity index (χ2n) is 8.03. The average Bonchev–Trinajstić information content (AvgIpc) is 3.28. The summed E-state index contributed by atoms with van der Waals surface area (Å²) in [5.74, 6) is 0.586. The fourth-order valence-corrected chi connectivity index (χ4v) is 3.58. The molecule has 31 heavy (non-hydrogen) atoms. The minimum absolute atomic E-state index is 0.0261. The molecule has 1 aliphatic rings. The van der Waals surface area contributed by atoms with Gasteiger partial charge in [0.1, 0.15) is 11.9 Å². The molecule has 1 aromatic heterocycles. The van der Waals surface area contributed by atoms with Crippen molar-refractivity contribution in [3.05, 3.63) is 83.2 Å². The van der Waals surface area contributed by atoms with Crippen molar-refractivity contribution in [1.82, 2.24) is 10.3 Å². The number of hydrogen-bond acceptors (Lipinski definition) is 4. The van der Waals surface area contributed by atoms with Gasteiger partial charge in [-0.15, -0.1) is 0 Å². The van der Waals surface area contributed by atoms with Crippen LogP contribution in [0.1, 0.15) is 33.6 Å². The summed E-state index contributed by atoms with van der Waals surface area (Å²) in [7, 11) is 0. The van der Waals surface area contributed by atoms with E-state index in [0.29, 0.717) is 31.1 Å². The van der Waals surface area contributed by atoms with Gasteiger partial charge < -0.3 is 14.8 Å². The van der Waals surface area contributed by atoms with Gasteiger partial charge in [-0.3, -0.25) is 9.78 Å². The molecule has 0 saturated carbocycles. The summed E-state index contributed by atoms with van der Waals surface area (Å²) in [6.45, 7) is 5.87. The maximum atomic E-state index is 12.9. The summed E-state index contributed by atoms with van der Waals surface area (Å²) < 4.78 is 11.6. The smallest absolute Gasteiger partial charge is 0.251 e. The summed E-state index contributed by atoms with van der Waals surface area (Å²) in [6, 6.07) is 18.0. The fourth-order valence-electron chi connectivity index (χ4n) is 3.58. The number of benzene rings is 2. The third-order valence-electron chi connectivity index (χ3n) is 5.42. The molecule has 1 amide bonds. The number of amides is 1. The molecule has 0 aliphatic carbocycles. The van der Waals surface area contributed by atoms with Crippen LogP contribution < -0.4 is 10.1 Å². The summed E-state index contributed by atoms with van der Waals surface area (Å²) in [5, 5.41) is 3.02. The first-order chi connectivity index (χ1) is 15.1. The minimum atomic E-state index is -0.110. The molecule has 1 atom stereocenters. The van der Waals surface area contributed by atoms with E-state index in [-0.39, 0.29) is 12.0 Å². The van der Waals surface area contributed by atoms with Crippen molar-refractivity contribution in [2.24, 2.45) is 0 Å². The summed E-state index contributed by atoms with van der Waals surface area (Å²) in [4.78, 5) is 17.2. The number of hydrogen-bond donors (Lipinski definition) is 1. The van der Waals surface area contributed by atoms with Gasteiger partial charge in [-0.2, -0.15) is 0 Å². The highest BCUT2D eigenvalue weighted by Crippen LogP contribution is 2.28. The number of nitrogens with zero attached hydrogens (tertiary/aromatic N) is 1. The van der Waals surface area contributed by atoms with Crippen LogP contribution in [0, 0.1) is 13.8 Å². The van der Waals surface area contributed by atoms with Crippen molar-refractivity contribution in [2.45, 2.75) is 32.8 Å². The number of ether oxygens (including phenoxy) is 2. The first-order valence-electron chi connectivity index (χ1n) is 10.7. The van der Waals surface area contributed by atoms with Crippen LogP contribution in [0.2, 0.25) is 0 Å². The van der Waals surface area contributed by atoms with Crippen molar-refractivity contribution in [2.75, 3.05) is 19.8 Å². The van der Waals surface area contributed by atoms with E-state index < -0.39 is 0 Å². The topological polar surface area (TPSA) is 60.5 Å². The van der Waals surface area contributed by atoms with Crippen LogP contribution in [0.15, 0.2) is 60.8 Å². The SMILES string of the molecule is Cc1ccc(-c2cc(OC3CCOC3)cc(C(=O)NCCc3ccc(C)nc3)c2)cc1. The number of aryl methyl sites for hydroxylation is 2. The van der Waals surface area contributed by atoms with E-state index in [1.807, 2.05) is 43.5 Å². The highest BCUT2D eigenvalue weighted by molar-refractivity contribution is 5.96. The number of carbonyl (C=O) groups excluding carboxylic acids is 1. The van der Waals surface area contributed by atoms with E-state index in [4.69, 9.17) is 9.47 Å². The Labute approximate surface area is 183 Å². The normalized spacial score (nSPS) is 15.6. The second-order valence-corrected chi connectivity index (χ2v) is 8.03. The number of nitrogens with one attached hydrogen (secondary N) is 1. The molecule has 0 radical (unpaired) electrons. The Bertz CT molecular complexity index is 1020. The molecule has 2 aromatic carbocycles. The maximum Gasteiger partial charge on any atom is 0.251 e. The van der Waals surface area contributed by atoms with Gasteiger partial charge >= 0.3 is 0 Å². The van der Waals surface area contributed by atoms with E-state index in [1.165, 1.54) is 5.56 Å². The standard InChI is InChI=1S/C26H28N2O3/c1-18-3-7-21(8-4-18)22-13-23(15-25(14-22)31-24-10-12-30-17-24)26(29)27-11-9-20-6-5-19(2)28-16-20/h3-8,13-16,24H,9-12,17H2,1-2H3,(H,27,29). The molecule has 1 aliphatic heterocycles. The van der Waals surface area contributed by atoms with Crippen molar-refractivity contribution < 1.29 is 14.3 Å². The zero-order chi connectivity index (χ0) is 21.6. The first kappa shape index (κ1) is 21.1. The van der Waals surface area contributed by atoms with Crippen LogP contribution in [0.4, 0.5) is 0 Å². The van der Waals surface area contributed by atoms with Gasteiger partial charge in [0.25, 0.3) is 5.91 Å². The molecule has 0 spiro atoms. The predicted octanol–water partition coefficient (Wildman–Crippen LogP) is 4.51. The number of rotatable bonds is 7. The third-order valence-corrected chi connectivity index (χ3v) is 5.42. The Balaban J connectivity index is 1.51. The van der Waals surface area contributed by atoms with Gasteiger partial charge in [-0.1, -0.05) is 35.9 Å². The summed E-state index contributed by atoms with van der Waals surface area (Å²) in [5.41, 5.74) is 5.89. The lowest BCUT2D eigenvalue weighted by Gasteiger charge is -2.15. The van der Waals surface area contributed by atoms with Crippen LogP contribution in [0.25, 0.3) is 11.1 Å². The molecule has 4 rings (SSSR count). The highest BCUT2D eigenvalue weighted by atomic mass is 16.5. The van der Waals surface area contributed by atoms with Gasteiger partial charge in [0, 0.05) is 30.4 Å². The Kier molecular flexibility index (Phi) is 6.63. The fraction of sp³-hybridized carbons (Fsp3) is 0.308. The zero-order valence-electron chi connectivity index (χ0n) is 18.1.